The van der Waals surface area contributed by atoms with Crippen LogP contribution in [-0.2, 0) is 6.54 Å². The van der Waals surface area contributed by atoms with Gasteiger partial charge in [0.2, 0.25) is 0 Å². The van der Waals surface area contributed by atoms with E-state index in [0.717, 1.165) is 5.56 Å². The summed E-state index contributed by atoms with van der Waals surface area (Å²) >= 11 is 0. The molecule has 2 rings (SSSR count). The molecule has 0 unspecified atom stereocenters. The number of ketones is 1. The van der Waals surface area contributed by atoms with Gasteiger partial charge in [0, 0.05) is 18.3 Å². The van der Waals surface area contributed by atoms with E-state index >= 15 is 0 Å². The van der Waals surface area contributed by atoms with Crippen LogP contribution >= 0.6 is 0 Å². The summed E-state index contributed by atoms with van der Waals surface area (Å²) in [5.41, 5.74) is 1.09. The number of rotatable bonds is 5. The maximum Gasteiger partial charge on any atom is 0.251 e. The summed E-state index contributed by atoms with van der Waals surface area (Å²) in [4.78, 5) is 24.2. The number of Topliss-reactive ketones (excluding diaryl/α,β-unsaturated/α-hetero) is 1. The van der Waals surface area contributed by atoms with Crippen molar-refractivity contribution in [2.75, 3.05) is 14.2 Å². The van der Waals surface area contributed by atoms with Crippen LogP contribution in [0.15, 0.2) is 41.3 Å². The number of carbonyl (C=O) groups is 1. The van der Waals surface area contributed by atoms with Gasteiger partial charge in [0.25, 0.3) is 5.56 Å². The molecular weight excluding hydrogens is 270 g/mol. The van der Waals surface area contributed by atoms with Crippen molar-refractivity contribution < 1.29 is 14.3 Å². The first-order valence-corrected chi connectivity index (χ1v) is 6.47. The average molecular weight is 287 g/mol. The van der Waals surface area contributed by atoms with Gasteiger partial charge in [0.05, 0.1) is 26.3 Å². The van der Waals surface area contributed by atoms with Crippen molar-refractivity contribution in [2.24, 2.45) is 0 Å². The van der Waals surface area contributed by atoms with Crippen molar-refractivity contribution in [1.82, 2.24) is 4.57 Å². The van der Waals surface area contributed by atoms with Crippen molar-refractivity contribution in [3.8, 4) is 11.5 Å². The molecule has 0 aliphatic heterocycles. The molecule has 0 amide bonds. The summed E-state index contributed by atoms with van der Waals surface area (Å²) in [7, 11) is 3.03. The highest BCUT2D eigenvalue weighted by Crippen LogP contribution is 2.25. The molecule has 21 heavy (non-hydrogen) atoms. The Bertz CT molecular complexity index is 718. The number of aryl methyl sites for hydroxylation is 1. The van der Waals surface area contributed by atoms with E-state index in [1.54, 1.807) is 37.6 Å². The number of pyridine rings is 1. The molecular formula is C16H17NO4. The lowest BCUT2D eigenvalue weighted by atomic mass is 10.1. The molecule has 1 aromatic heterocycles. The molecule has 2 aromatic rings. The predicted molar refractivity (Wildman–Crippen MR) is 79.3 cm³/mol. The predicted octanol–water partition coefficient (Wildman–Crippen LogP) is 2.06. The number of hydrogen-bond acceptors (Lipinski definition) is 4. The highest BCUT2D eigenvalue weighted by molar-refractivity contribution is 5.98. The summed E-state index contributed by atoms with van der Waals surface area (Å²) in [5, 5.41) is 0. The highest BCUT2D eigenvalue weighted by Gasteiger charge is 2.14. The molecule has 1 aromatic carbocycles. The van der Waals surface area contributed by atoms with E-state index in [-0.39, 0.29) is 17.9 Å². The molecule has 0 N–H and O–H groups in total. The van der Waals surface area contributed by atoms with Crippen molar-refractivity contribution in [3.05, 3.63) is 58.0 Å². The first-order chi connectivity index (χ1) is 10.0. The Morgan fingerprint density at radius 2 is 1.90 bits per heavy atom. The average Bonchev–Trinajstić information content (AvgIpc) is 2.49. The zero-order chi connectivity index (χ0) is 15.4. The molecule has 0 aliphatic carbocycles. The first-order valence-electron chi connectivity index (χ1n) is 6.47. The number of carbonyl (C=O) groups excluding carboxylic acids is 1. The van der Waals surface area contributed by atoms with Gasteiger partial charge in [-0.05, 0) is 30.7 Å². The van der Waals surface area contributed by atoms with E-state index in [2.05, 4.69) is 0 Å². The summed E-state index contributed by atoms with van der Waals surface area (Å²) in [5.74, 6) is 0.843. The maximum atomic E-state index is 12.4. The van der Waals surface area contributed by atoms with Crippen LogP contribution in [0.25, 0.3) is 0 Å². The Hall–Kier alpha value is -2.56. The number of nitrogens with zero attached hydrogens (tertiary/aromatic N) is 1. The summed E-state index contributed by atoms with van der Waals surface area (Å²) < 4.78 is 11.7. The molecule has 0 spiro atoms. The number of methoxy groups -OCH3 is 2. The largest absolute Gasteiger partial charge is 0.497 e. The lowest BCUT2D eigenvalue weighted by Crippen LogP contribution is -2.23. The number of hydrogen-bond donors (Lipinski definition) is 0. The van der Waals surface area contributed by atoms with Gasteiger partial charge in [0.15, 0.2) is 5.78 Å². The van der Waals surface area contributed by atoms with Crippen LogP contribution in [-0.4, -0.2) is 24.6 Å². The fourth-order valence-corrected chi connectivity index (χ4v) is 2.01. The first kappa shape index (κ1) is 14.8. The van der Waals surface area contributed by atoms with E-state index < -0.39 is 0 Å². The third-order valence-electron chi connectivity index (χ3n) is 3.17. The molecule has 0 aliphatic rings. The van der Waals surface area contributed by atoms with Crippen molar-refractivity contribution in [2.45, 2.75) is 13.5 Å². The topological polar surface area (TPSA) is 57.5 Å². The number of aromatic nitrogens is 1. The standard InChI is InChI=1S/C16H17NO4/c1-11-6-7-17(16(19)8-11)10-14(18)13-5-4-12(20-2)9-15(13)21-3/h4-9H,10H2,1-3H3. The fourth-order valence-electron chi connectivity index (χ4n) is 2.01. The van der Waals surface area contributed by atoms with Crippen LogP contribution < -0.4 is 15.0 Å². The minimum absolute atomic E-state index is 0.0260. The van der Waals surface area contributed by atoms with Gasteiger partial charge in [-0.25, -0.2) is 0 Å². The maximum absolute atomic E-state index is 12.4. The highest BCUT2D eigenvalue weighted by atomic mass is 16.5. The molecule has 0 saturated carbocycles. The van der Waals surface area contributed by atoms with E-state index in [9.17, 15) is 9.59 Å². The van der Waals surface area contributed by atoms with Gasteiger partial charge >= 0.3 is 0 Å². The molecule has 1 heterocycles. The second kappa shape index (κ2) is 6.26. The molecule has 110 valence electrons. The third kappa shape index (κ3) is 3.31. The van der Waals surface area contributed by atoms with Gasteiger partial charge in [-0.3, -0.25) is 9.59 Å². The summed E-state index contributed by atoms with van der Waals surface area (Å²) in [6.07, 6.45) is 1.62. The lowest BCUT2D eigenvalue weighted by molar-refractivity contribution is 0.0968. The smallest absolute Gasteiger partial charge is 0.251 e. The minimum Gasteiger partial charge on any atom is -0.497 e. The number of benzene rings is 1. The van der Waals surface area contributed by atoms with Gasteiger partial charge in [0.1, 0.15) is 11.5 Å². The van der Waals surface area contributed by atoms with Crippen molar-refractivity contribution in [3.63, 3.8) is 0 Å². The quantitative estimate of drug-likeness (QED) is 0.790. The van der Waals surface area contributed by atoms with E-state index in [0.29, 0.717) is 17.1 Å². The van der Waals surface area contributed by atoms with Crippen LogP contribution in [0.4, 0.5) is 0 Å². The van der Waals surface area contributed by atoms with E-state index in [1.165, 1.54) is 17.7 Å². The second-order valence-corrected chi connectivity index (χ2v) is 4.66. The van der Waals surface area contributed by atoms with Crippen molar-refractivity contribution in [1.29, 1.82) is 0 Å². The molecule has 0 atom stereocenters. The van der Waals surface area contributed by atoms with Crippen LogP contribution in [0.5, 0.6) is 11.5 Å². The van der Waals surface area contributed by atoms with Crippen LogP contribution in [0, 0.1) is 6.92 Å². The zero-order valence-electron chi connectivity index (χ0n) is 12.3. The van der Waals surface area contributed by atoms with Gasteiger partial charge in [-0.1, -0.05) is 0 Å². The second-order valence-electron chi connectivity index (χ2n) is 4.66. The van der Waals surface area contributed by atoms with Gasteiger partial charge < -0.3 is 14.0 Å². The molecule has 0 saturated heterocycles. The Morgan fingerprint density at radius 3 is 2.52 bits per heavy atom. The number of ether oxygens (including phenoxy) is 2. The monoisotopic (exact) mass is 287 g/mol. The van der Waals surface area contributed by atoms with Crippen molar-refractivity contribution >= 4 is 5.78 Å². The Morgan fingerprint density at radius 1 is 1.14 bits per heavy atom. The Balaban J connectivity index is 2.30. The lowest BCUT2D eigenvalue weighted by Gasteiger charge is -2.10. The summed E-state index contributed by atoms with van der Waals surface area (Å²) in [6, 6.07) is 8.26. The summed E-state index contributed by atoms with van der Waals surface area (Å²) in [6.45, 7) is 1.81. The van der Waals surface area contributed by atoms with Crippen LogP contribution in [0.2, 0.25) is 0 Å². The van der Waals surface area contributed by atoms with E-state index in [4.69, 9.17) is 9.47 Å². The Labute approximate surface area is 122 Å². The van der Waals surface area contributed by atoms with Gasteiger partial charge in [-0.15, -0.1) is 0 Å². The van der Waals surface area contributed by atoms with Gasteiger partial charge in [-0.2, -0.15) is 0 Å². The van der Waals surface area contributed by atoms with E-state index in [1.807, 2.05) is 6.92 Å². The molecule has 5 nitrogen and oxygen atoms in total. The molecule has 5 heteroatoms. The zero-order valence-corrected chi connectivity index (χ0v) is 12.3. The SMILES string of the molecule is COc1ccc(C(=O)Cn2ccc(C)cc2=O)c(OC)c1. The van der Waals surface area contributed by atoms with Crippen LogP contribution in [0.3, 0.4) is 0 Å². The van der Waals surface area contributed by atoms with Crippen LogP contribution in [0.1, 0.15) is 15.9 Å². The Kier molecular flexibility index (Phi) is 4.42. The third-order valence-corrected chi connectivity index (χ3v) is 3.17. The normalized spacial score (nSPS) is 10.2. The molecule has 0 radical (unpaired) electrons. The molecule has 0 bridgehead atoms. The fraction of sp³-hybridized carbons (Fsp3) is 0.250. The molecule has 0 fully saturated rings. The minimum atomic E-state index is -0.198.